The molecule has 0 unspecified atom stereocenters. The molecule has 4 heterocycles. The third-order valence-corrected chi connectivity index (χ3v) is 3.94. The Bertz CT molecular complexity index is 800. The Balaban J connectivity index is 1.64. The van der Waals surface area contributed by atoms with Gasteiger partial charge in [0, 0.05) is 19.0 Å². The zero-order chi connectivity index (χ0) is 15.8. The molecule has 1 atom stereocenters. The zero-order valence-corrected chi connectivity index (χ0v) is 12.0. The van der Waals surface area contributed by atoms with Crippen LogP contribution < -0.4 is 4.90 Å². The highest BCUT2D eigenvalue weighted by Crippen LogP contribution is 2.27. The van der Waals surface area contributed by atoms with Gasteiger partial charge < -0.3 is 4.90 Å². The molecule has 3 aromatic rings. The molecule has 3 aromatic heterocycles. The van der Waals surface area contributed by atoms with E-state index in [4.69, 9.17) is 0 Å². The first-order valence-corrected chi connectivity index (χ1v) is 7.21. The highest BCUT2D eigenvalue weighted by Gasteiger charge is 2.26. The van der Waals surface area contributed by atoms with E-state index in [-0.39, 0.29) is 5.92 Å². The molecule has 0 radical (unpaired) electrons. The van der Waals surface area contributed by atoms with E-state index in [1.54, 1.807) is 12.1 Å². The Morgan fingerprint density at radius 2 is 2.13 bits per heavy atom. The molecule has 11 heteroatoms. The normalized spacial score (nSPS) is 18.9. The molecule has 0 saturated carbocycles. The maximum atomic E-state index is 12.9. The van der Waals surface area contributed by atoms with E-state index >= 15 is 0 Å². The van der Waals surface area contributed by atoms with Gasteiger partial charge in [-0.15, -0.1) is 25.5 Å². The molecule has 9 nitrogen and oxygen atoms in total. The van der Waals surface area contributed by atoms with E-state index in [0.29, 0.717) is 23.8 Å². The second-order valence-corrected chi connectivity index (χ2v) is 5.38. The van der Waals surface area contributed by atoms with Gasteiger partial charge in [0.25, 0.3) is 6.43 Å². The fourth-order valence-electron chi connectivity index (χ4n) is 2.84. The number of anilines is 1. The highest BCUT2D eigenvalue weighted by atomic mass is 19.3. The minimum Gasteiger partial charge on any atom is -0.354 e. The van der Waals surface area contributed by atoms with Gasteiger partial charge in [-0.25, -0.2) is 8.78 Å². The highest BCUT2D eigenvalue weighted by molar-refractivity contribution is 5.46. The summed E-state index contributed by atoms with van der Waals surface area (Å²) < 4.78 is 27.0. The monoisotopic (exact) mass is 321 g/mol. The van der Waals surface area contributed by atoms with Crippen molar-refractivity contribution in [2.75, 3.05) is 18.0 Å². The maximum absolute atomic E-state index is 12.9. The average Bonchev–Trinajstić information content (AvgIpc) is 3.24. The van der Waals surface area contributed by atoms with Gasteiger partial charge >= 0.3 is 0 Å². The molecule has 0 amide bonds. The number of fused-ring (bicyclic) bond motifs is 1. The van der Waals surface area contributed by atoms with Crippen molar-refractivity contribution in [3.05, 3.63) is 23.8 Å². The Morgan fingerprint density at radius 3 is 2.91 bits per heavy atom. The fourth-order valence-corrected chi connectivity index (χ4v) is 2.84. The molecule has 0 aromatic carbocycles. The molecule has 120 valence electrons. The van der Waals surface area contributed by atoms with Crippen LogP contribution in [0.3, 0.4) is 0 Å². The van der Waals surface area contributed by atoms with E-state index in [1.165, 1.54) is 0 Å². The van der Waals surface area contributed by atoms with E-state index in [0.717, 1.165) is 23.9 Å². The SMILES string of the molecule is FC(F)c1nnc2ccc(N3CCC[C@@H](c4nn[nH]n4)C3)nn12. The quantitative estimate of drug-likeness (QED) is 0.766. The van der Waals surface area contributed by atoms with Crippen LogP contribution in [0.1, 0.15) is 36.8 Å². The van der Waals surface area contributed by atoms with E-state index < -0.39 is 12.2 Å². The summed E-state index contributed by atoms with van der Waals surface area (Å²) in [5.74, 6) is 0.949. The van der Waals surface area contributed by atoms with Gasteiger partial charge in [0.15, 0.2) is 11.5 Å². The van der Waals surface area contributed by atoms with Gasteiger partial charge in [-0.1, -0.05) is 5.21 Å². The largest absolute Gasteiger partial charge is 0.354 e. The predicted octanol–water partition coefficient (Wildman–Crippen LogP) is 0.959. The standard InChI is InChI=1S/C12H13F2N9/c13-10(14)12-18-15-8-3-4-9(19-23(8)12)22-5-1-2-7(6-22)11-16-20-21-17-11/h3-4,7,10H,1-2,5-6H2,(H,16,17,20,21)/t7-/m1/s1. The number of aromatic nitrogens is 8. The summed E-state index contributed by atoms with van der Waals surface area (Å²) in [5.41, 5.74) is 0.302. The van der Waals surface area contributed by atoms with Crippen molar-refractivity contribution in [1.29, 1.82) is 0 Å². The maximum Gasteiger partial charge on any atom is 0.299 e. The summed E-state index contributed by atoms with van der Waals surface area (Å²) >= 11 is 0. The van der Waals surface area contributed by atoms with Crippen molar-refractivity contribution in [3.8, 4) is 0 Å². The number of nitrogens with zero attached hydrogens (tertiary/aromatic N) is 8. The topological polar surface area (TPSA) is 101 Å². The fraction of sp³-hybridized carbons (Fsp3) is 0.500. The number of aromatic amines is 1. The average molecular weight is 321 g/mol. The van der Waals surface area contributed by atoms with Crippen LogP contribution in [0.2, 0.25) is 0 Å². The molecule has 0 aliphatic carbocycles. The van der Waals surface area contributed by atoms with Crippen LogP contribution in [0.15, 0.2) is 12.1 Å². The first-order chi connectivity index (χ1) is 11.2. The molecule has 0 spiro atoms. The lowest BCUT2D eigenvalue weighted by atomic mass is 9.97. The van der Waals surface area contributed by atoms with Crippen LogP contribution in [0.5, 0.6) is 0 Å². The number of nitrogens with one attached hydrogen (secondary N) is 1. The van der Waals surface area contributed by atoms with Crippen LogP contribution in [-0.4, -0.2) is 53.5 Å². The third kappa shape index (κ3) is 2.47. The molecular formula is C12H13F2N9. The van der Waals surface area contributed by atoms with Gasteiger partial charge in [0.2, 0.25) is 5.82 Å². The van der Waals surface area contributed by atoms with E-state index in [9.17, 15) is 8.78 Å². The molecule has 1 aliphatic rings. The van der Waals surface area contributed by atoms with Crippen LogP contribution >= 0.6 is 0 Å². The summed E-state index contributed by atoms with van der Waals surface area (Å²) in [7, 11) is 0. The Hall–Kier alpha value is -2.72. The Labute approximate surface area is 128 Å². The molecule has 0 bridgehead atoms. The molecular weight excluding hydrogens is 308 g/mol. The van der Waals surface area contributed by atoms with Crippen molar-refractivity contribution in [3.63, 3.8) is 0 Å². The Morgan fingerprint density at radius 1 is 1.22 bits per heavy atom. The predicted molar refractivity (Wildman–Crippen MR) is 74.1 cm³/mol. The summed E-state index contributed by atoms with van der Waals surface area (Å²) in [5, 5.41) is 25.6. The second-order valence-electron chi connectivity index (χ2n) is 5.38. The minimum absolute atomic E-state index is 0.135. The van der Waals surface area contributed by atoms with Crippen LogP contribution in [0, 0.1) is 0 Å². The number of rotatable bonds is 3. The smallest absolute Gasteiger partial charge is 0.299 e. The lowest BCUT2D eigenvalue weighted by molar-refractivity contribution is 0.137. The number of hydrogen-bond acceptors (Lipinski definition) is 7. The van der Waals surface area contributed by atoms with E-state index in [2.05, 4.69) is 35.9 Å². The van der Waals surface area contributed by atoms with Crippen molar-refractivity contribution in [2.24, 2.45) is 0 Å². The van der Waals surface area contributed by atoms with Gasteiger partial charge in [-0.3, -0.25) is 0 Å². The minimum atomic E-state index is -2.72. The summed E-state index contributed by atoms with van der Waals surface area (Å²) in [6.45, 7) is 1.45. The van der Waals surface area contributed by atoms with Gasteiger partial charge in [0.1, 0.15) is 5.82 Å². The lowest BCUT2D eigenvalue weighted by Gasteiger charge is -2.31. The molecule has 1 aliphatic heterocycles. The zero-order valence-electron chi connectivity index (χ0n) is 12.0. The lowest BCUT2D eigenvalue weighted by Crippen LogP contribution is -2.35. The first kappa shape index (κ1) is 13.9. The number of halogens is 2. The van der Waals surface area contributed by atoms with Crippen LogP contribution in [0.25, 0.3) is 5.65 Å². The first-order valence-electron chi connectivity index (χ1n) is 7.21. The van der Waals surface area contributed by atoms with Gasteiger partial charge in [-0.2, -0.15) is 9.73 Å². The number of piperidine rings is 1. The van der Waals surface area contributed by atoms with Crippen LogP contribution in [-0.2, 0) is 0 Å². The third-order valence-electron chi connectivity index (χ3n) is 3.94. The number of H-pyrrole nitrogens is 1. The van der Waals surface area contributed by atoms with Crippen molar-refractivity contribution >= 4 is 11.5 Å². The van der Waals surface area contributed by atoms with Crippen molar-refractivity contribution in [2.45, 2.75) is 25.2 Å². The molecule has 1 fully saturated rings. The molecule has 23 heavy (non-hydrogen) atoms. The summed E-state index contributed by atoms with van der Waals surface area (Å²) in [4.78, 5) is 2.03. The summed E-state index contributed by atoms with van der Waals surface area (Å²) in [6.07, 6.45) is -0.836. The number of hydrogen-bond donors (Lipinski definition) is 1. The van der Waals surface area contributed by atoms with E-state index in [1.807, 2.05) is 4.90 Å². The number of tetrazole rings is 1. The van der Waals surface area contributed by atoms with Gasteiger partial charge in [0.05, 0.1) is 0 Å². The number of alkyl halides is 2. The Kier molecular flexibility index (Phi) is 3.32. The van der Waals surface area contributed by atoms with Crippen molar-refractivity contribution < 1.29 is 8.78 Å². The molecule has 1 saturated heterocycles. The molecule has 4 rings (SSSR count). The van der Waals surface area contributed by atoms with Crippen molar-refractivity contribution in [1.82, 2.24) is 40.4 Å². The van der Waals surface area contributed by atoms with Crippen LogP contribution in [0.4, 0.5) is 14.6 Å². The molecule has 1 N–H and O–H groups in total. The summed E-state index contributed by atoms with van der Waals surface area (Å²) in [6, 6.07) is 3.40. The van der Waals surface area contributed by atoms with Gasteiger partial charge in [-0.05, 0) is 25.0 Å². The second kappa shape index (κ2) is 5.48.